The van der Waals surface area contributed by atoms with Gasteiger partial charge in [0.05, 0.1) is 18.3 Å². The van der Waals surface area contributed by atoms with Crippen LogP contribution in [0.15, 0.2) is 48.6 Å². The number of hydrogen-bond acceptors (Lipinski definition) is 5. The maximum absolute atomic E-state index is 14.4. The predicted octanol–water partition coefficient (Wildman–Crippen LogP) is 5.50. The van der Waals surface area contributed by atoms with E-state index < -0.39 is 30.2 Å². The minimum Gasteiger partial charge on any atom is -0.490 e. The Hall–Kier alpha value is -2.32. The average Bonchev–Trinajstić information content (AvgIpc) is 3.04. The summed E-state index contributed by atoms with van der Waals surface area (Å²) in [7, 11) is 0. The highest BCUT2D eigenvalue weighted by Gasteiger charge is 2.39. The van der Waals surface area contributed by atoms with Crippen LogP contribution in [-0.4, -0.2) is 47.3 Å². The number of benzene rings is 1. The van der Waals surface area contributed by atoms with E-state index in [1.165, 1.54) is 30.3 Å². The minimum atomic E-state index is -3.02. The minimum absolute atomic E-state index is 0.130. The molecule has 8 heteroatoms. The van der Waals surface area contributed by atoms with Gasteiger partial charge in [0.15, 0.2) is 6.17 Å². The van der Waals surface area contributed by atoms with Gasteiger partial charge in [-0.05, 0) is 51.2 Å². The summed E-state index contributed by atoms with van der Waals surface area (Å²) in [5.41, 5.74) is -0.213. The second-order valence-corrected chi connectivity index (χ2v) is 9.38. The third-order valence-corrected chi connectivity index (χ3v) is 5.90. The number of carbonyl (C=O) groups excluding carboxylic acids is 1. The average molecular weight is 499 g/mol. The first-order chi connectivity index (χ1) is 16.5. The van der Waals surface area contributed by atoms with Crippen LogP contribution in [0.25, 0.3) is 0 Å². The number of aliphatic hydroxyl groups excluding tert-OH is 2. The summed E-state index contributed by atoms with van der Waals surface area (Å²) in [5.74, 6) is -3.78. The zero-order valence-electron chi connectivity index (χ0n) is 20.6. The smallest absolute Gasteiger partial charge is 0.306 e. The van der Waals surface area contributed by atoms with Gasteiger partial charge in [-0.15, -0.1) is 0 Å². The van der Waals surface area contributed by atoms with Crippen LogP contribution in [0, 0.1) is 11.8 Å². The third kappa shape index (κ3) is 10.1. The fraction of sp³-hybridized carbons (Fsp3) is 0.593. The molecule has 1 aromatic carbocycles. The van der Waals surface area contributed by atoms with Crippen LogP contribution in [0.5, 0.6) is 5.75 Å². The van der Waals surface area contributed by atoms with E-state index >= 15 is 0 Å². The highest BCUT2D eigenvalue weighted by molar-refractivity contribution is 5.69. The molecule has 0 radical (unpaired) electrons. The summed E-state index contributed by atoms with van der Waals surface area (Å²) in [4.78, 5) is 11.5. The molecular weight excluding hydrogens is 461 g/mol. The molecule has 2 N–H and O–H groups in total. The van der Waals surface area contributed by atoms with Crippen molar-refractivity contribution in [1.82, 2.24) is 0 Å². The number of rotatable bonds is 13. The Kier molecular flexibility index (Phi) is 11.3. The van der Waals surface area contributed by atoms with E-state index in [2.05, 4.69) is 0 Å². The van der Waals surface area contributed by atoms with E-state index in [-0.39, 0.29) is 42.3 Å². The Morgan fingerprint density at radius 1 is 1.23 bits per heavy atom. The third-order valence-electron chi connectivity index (χ3n) is 5.90. The van der Waals surface area contributed by atoms with E-state index in [9.17, 15) is 28.2 Å². The Morgan fingerprint density at radius 2 is 1.97 bits per heavy atom. The van der Waals surface area contributed by atoms with Crippen LogP contribution >= 0.6 is 0 Å². The molecule has 0 aromatic heterocycles. The largest absolute Gasteiger partial charge is 0.490 e. The lowest BCUT2D eigenvalue weighted by molar-refractivity contribution is -0.147. The molecule has 0 aliphatic heterocycles. The summed E-state index contributed by atoms with van der Waals surface area (Å²) in [6, 6.07) is 5.38. The molecule has 0 amide bonds. The van der Waals surface area contributed by atoms with Crippen molar-refractivity contribution in [3.05, 3.63) is 54.1 Å². The molecule has 1 fully saturated rings. The SMILES string of the molecule is CC(C)OC(=O)CCC/C=C\C[C@@H]1[C@@H](/C=C/[C@@H](F)COc2cccc(C(C)(F)F)c2)[C@H](O)C[C@@H]1O. The molecule has 0 bridgehead atoms. The molecule has 196 valence electrons. The molecule has 5 atom stereocenters. The van der Waals surface area contributed by atoms with Gasteiger partial charge in [-0.1, -0.05) is 36.4 Å². The zero-order chi connectivity index (χ0) is 26.0. The first kappa shape index (κ1) is 28.9. The first-order valence-electron chi connectivity index (χ1n) is 12.1. The summed E-state index contributed by atoms with van der Waals surface area (Å²) < 4.78 is 51.7. The van der Waals surface area contributed by atoms with Gasteiger partial charge < -0.3 is 19.7 Å². The number of carbonyl (C=O) groups is 1. The van der Waals surface area contributed by atoms with Crippen LogP contribution in [0.2, 0.25) is 0 Å². The molecule has 1 saturated carbocycles. The van der Waals surface area contributed by atoms with Gasteiger partial charge in [-0.3, -0.25) is 4.79 Å². The van der Waals surface area contributed by atoms with Gasteiger partial charge in [0.2, 0.25) is 0 Å². The molecule has 0 heterocycles. The molecule has 2 rings (SSSR count). The van der Waals surface area contributed by atoms with Crippen molar-refractivity contribution in [2.24, 2.45) is 11.8 Å². The van der Waals surface area contributed by atoms with Crippen molar-refractivity contribution in [1.29, 1.82) is 0 Å². The monoisotopic (exact) mass is 498 g/mol. The molecule has 0 spiro atoms. The van der Waals surface area contributed by atoms with E-state index in [4.69, 9.17) is 9.47 Å². The molecular formula is C27H37F3O5. The van der Waals surface area contributed by atoms with Crippen LogP contribution in [0.3, 0.4) is 0 Å². The standard InChI is InChI=1S/C27H37F3O5/c1-18(2)35-26(33)12-7-5-4-6-11-22-23(25(32)16-24(22)31)14-13-20(28)17-34-21-10-8-9-19(15-21)27(3,29)30/h4,6,8-10,13-15,18,20,22-25,31-32H,5,7,11-12,16-17H2,1-3H3/b6-4-,14-13+/t20-,22-,23-,24+,25-/m1/s1. The van der Waals surface area contributed by atoms with Crippen molar-refractivity contribution >= 4 is 5.97 Å². The number of unbranched alkanes of at least 4 members (excludes halogenated alkanes) is 1. The number of esters is 1. The van der Waals surface area contributed by atoms with E-state index in [1.54, 1.807) is 19.9 Å². The highest BCUT2D eigenvalue weighted by atomic mass is 19.3. The maximum Gasteiger partial charge on any atom is 0.306 e. The van der Waals surface area contributed by atoms with E-state index in [0.29, 0.717) is 25.7 Å². The van der Waals surface area contributed by atoms with Crippen molar-refractivity contribution < 1.29 is 37.7 Å². The summed E-state index contributed by atoms with van der Waals surface area (Å²) in [6.45, 7) is 4.03. The Balaban J connectivity index is 1.82. The second-order valence-electron chi connectivity index (χ2n) is 9.38. The van der Waals surface area contributed by atoms with Gasteiger partial charge in [-0.25, -0.2) is 13.2 Å². The summed E-state index contributed by atoms with van der Waals surface area (Å²) in [5, 5.41) is 20.6. The fourth-order valence-corrected chi connectivity index (χ4v) is 4.10. The second kappa shape index (κ2) is 13.7. The van der Waals surface area contributed by atoms with Gasteiger partial charge in [-0.2, -0.15) is 0 Å². The van der Waals surface area contributed by atoms with E-state index in [1.807, 2.05) is 12.2 Å². The lowest BCUT2D eigenvalue weighted by Gasteiger charge is -2.19. The van der Waals surface area contributed by atoms with Crippen molar-refractivity contribution in [2.45, 2.75) is 83.3 Å². The molecule has 1 aliphatic carbocycles. The fourth-order valence-electron chi connectivity index (χ4n) is 4.10. The zero-order valence-corrected chi connectivity index (χ0v) is 20.6. The first-order valence-corrected chi connectivity index (χ1v) is 12.1. The lowest BCUT2D eigenvalue weighted by atomic mass is 9.89. The van der Waals surface area contributed by atoms with Crippen molar-refractivity contribution in [3.63, 3.8) is 0 Å². The van der Waals surface area contributed by atoms with Gasteiger partial charge in [0, 0.05) is 31.2 Å². The van der Waals surface area contributed by atoms with Crippen molar-refractivity contribution in [2.75, 3.05) is 6.61 Å². The van der Waals surface area contributed by atoms with Crippen LogP contribution in [-0.2, 0) is 15.5 Å². The Labute approximate surface area is 205 Å². The molecule has 35 heavy (non-hydrogen) atoms. The van der Waals surface area contributed by atoms with Crippen LogP contribution in [0.1, 0.15) is 58.4 Å². The number of ether oxygens (including phenoxy) is 2. The number of aliphatic hydroxyl groups is 2. The Bertz CT molecular complexity index is 849. The number of hydrogen-bond donors (Lipinski definition) is 2. The van der Waals surface area contributed by atoms with Crippen LogP contribution < -0.4 is 4.74 Å². The summed E-state index contributed by atoms with van der Waals surface area (Å²) >= 11 is 0. The molecule has 0 unspecified atom stereocenters. The Morgan fingerprint density at radius 3 is 2.66 bits per heavy atom. The van der Waals surface area contributed by atoms with Gasteiger partial charge in [0.25, 0.3) is 5.92 Å². The lowest BCUT2D eigenvalue weighted by Crippen LogP contribution is -2.20. The number of halogens is 3. The predicted molar refractivity (Wildman–Crippen MR) is 128 cm³/mol. The van der Waals surface area contributed by atoms with E-state index in [0.717, 1.165) is 6.92 Å². The summed E-state index contributed by atoms with van der Waals surface area (Å²) in [6.07, 6.45) is 5.94. The maximum atomic E-state index is 14.4. The molecule has 1 aliphatic rings. The van der Waals surface area contributed by atoms with Gasteiger partial charge >= 0.3 is 5.97 Å². The molecule has 0 saturated heterocycles. The number of alkyl halides is 3. The van der Waals surface area contributed by atoms with Gasteiger partial charge in [0.1, 0.15) is 12.4 Å². The van der Waals surface area contributed by atoms with Crippen LogP contribution in [0.4, 0.5) is 13.2 Å². The quantitative estimate of drug-likeness (QED) is 0.213. The molecule has 5 nitrogen and oxygen atoms in total. The topological polar surface area (TPSA) is 76.0 Å². The molecule has 1 aromatic rings. The highest BCUT2D eigenvalue weighted by Crippen LogP contribution is 2.36. The van der Waals surface area contributed by atoms with Crippen molar-refractivity contribution in [3.8, 4) is 5.75 Å². The normalized spacial score (nSPS) is 23.9. The number of allylic oxidation sites excluding steroid dienone is 2.